The molecule has 0 fully saturated rings. The van der Waals surface area contributed by atoms with E-state index in [0.29, 0.717) is 0 Å². The van der Waals surface area contributed by atoms with Crippen LogP contribution in [0, 0.1) is 6.92 Å². The first-order valence-electron chi connectivity index (χ1n) is 2.94. The molecular weight excluding hydrogens is 116 g/mol. The van der Waals surface area contributed by atoms with E-state index in [9.17, 15) is 0 Å². The van der Waals surface area contributed by atoms with Gasteiger partial charge in [-0.05, 0) is 13.3 Å². The summed E-state index contributed by atoms with van der Waals surface area (Å²) in [6.07, 6.45) is 2.50. The Bertz CT molecular complexity index is 160. The third-order valence-corrected chi connectivity index (χ3v) is 1.29. The van der Waals surface area contributed by atoms with E-state index < -0.39 is 0 Å². The summed E-state index contributed by atoms with van der Waals surface area (Å²) in [5, 5.41) is 7.03. The summed E-state index contributed by atoms with van der Waals surface area (Å²) in [6.45, 7) is 5.88. The number of aromatic nitrogens is 2. The van der Waals surface area contributed by atoms with E-state index in [-0.39, 0.29) is 5.92 Å². The van der Waals surface area contributed by atoms with Crippen molar-refractivity contribution in [1.29, 1.82) is 0 Å². The van der Waals surface area contributed by atoms with Crippen LogP contribution in [0.1, 0.15) is 25.0 Å². The van der Waals surface area contributed by atoms with E-state index in [0.717, 1.165) is 12.1 Å². The van der Waals surface area contributed by atoms with Crippen molar-refractivity contribution in [2.24, 2.45) is 0 Å². The van der Waals surface area contributed by atoms with Gasteiger partial charge in [-0.15, -0.1) is 5.10 Å². The quantitative estimate of drug-likeness (QED) is 0.599. The average molecular weight is 125 g/mol. The van der Waals surface area contributed by atoms with Crippen LogP contribution >= 0.6 is 0 Å². The molecule has 0 spiro atoms. The Balaban J connectivity index is 2.65. The number of hydrogen-bond donors (Lipinski definition) is 0. The van der Waals surface area contributed by atoms with Crippen molar-refractivity contribution in [3.63, 3.8) is 0 Å². The highest BCUT2D eigenvalue weighted by molar-refractivity contribution is 4.99. The number of nitrogens with zero attached hydrogens (tertiary/aromatic N) is 2. The van der Waals surface area contributed by atoms with Gasteiger partial charge < -0.3 is 4.52 Å². The molecule has 0 saturated heterocycles. The molecule has 1 unspecified atom stereocenters. The molecule has 3 nitrogen and oxygen atoms in total. The van der Waals surface area contributed by atoms with Gasteiger partial charge in [-0.25, -0.2) is 0 Å². The normalized spacial score (nSPS) is 13.6. The first-order valence-corrected chi connectivity index (χ1v) is 2.94. The second-order valence-electron chi connectivity index (χ2n) is 1.93. The van der Waals surface area contributed by atoms with Crippen molar-refractivity contribution in [1.82, 2.24) is 10.4 Å². The molecule has 0 aliphatic rings. The summed E-state index contributed by atoms with van der Waals surface area (Å²) in [5.41, 5.74) is 0.831. The molecule has 0 saturated carbocycles. The predicted molar refractivity (Wildman–Crippen MR) is 32.7 cm³/mol. The van der Waals surface area contributed by atoms with Crippen molar-refractivity contribution >= 4 is 0 Å². The highest BCUT2D eigenvalue weighted by Crippen LogP contribution is 2.13. The fourth-order valence-electron chi connectivity index (χ4n) is 0.559. The lowest BCUT2D eigenvalue weighted by molar-refractivity contribution is 0.392. The standard InChI is InChI=1S/C6H9N2O/c1-3-5(2)6-4-9-8-7-6/h4-5H,2-3H2,1H3. The molecule has 0 N–H and O–H groups in total. The molecule has 3 heteroatoms. The molecule has 0 aliphatic heterocycles. The SMILES string of the molecule is [CH2]C(CC)c1conn1. The highest BCUT2D eigenvalue weighted by atomic mass is 16.5. The van der Waals surface area contributed by atoms with Crippen LogP contribution in [0.15, 0.2) is 10.8 Å². The van der Waals surface area contributed by atoms with Crippen molar-refractivity contribution < 1.29 is 4.52 Å². The van der Waals surface area contributed by atoms with Crippen molar-refractivity contribution in [3.8, 4) is 0 Å². The first-order chi connectivity index (χ1) is 4.34. The maximum Gasteiger partial charge on any atom is 0.147 e. The Labute approximate surface area is 54.0 Å². The molecule has 1 aromatic rings. The molecule has 1 aromatic heterocycles. The van der Waals surface area contributed by atoms with Crippen LogP contribution in [-0.4, -0.2) is 10.4 Å². The summed E-state index contributed by atoms with van der Waals surface area (Å²) < 4.78 is 4.54. The van der Waals surface area contributed by atoms with Gasteiger partial charge in [-0.2, -0.15) is 0 Å². The molecular formula is C6H9N2O. The topological polar surface area (TPSA) is 38.9 Å². The second-order valence-corrected chi connectivity index (χ2v) is 1.93. The molecule has 1 rings (SSSR count). The fraction of sp³-hybridized carbons (Fsp3) is 0.500. The van der Waals surface area contributed by atoms with Gasteiger partial charge in [0.2, 0.25) is 0 Å². The molecule has 0 aromatic carbocycles. The highest BCUT2D eigenvalue weighted by Gasteiger charge is 2.05. The van der Waals surface area contributed by atoms with Gasteiger partial charge in [0.05, 0.1) is 0 Å². The monoisotopic (exact) mass is 125 g/mol. The van der Waals surface area contributed by atoms with E-state index in [1.54, 1.807) is 0 Å². The largest absolute Gasteiger partial charge is 0.345 e. The molecule has 0 amide bonds. The maximum absolute atomic E-state index is 4.54. The van der Waals surface area contributed by atoms with Gasteiger partial charge in [-0.3, -0.25) is 0 Å². The first kappa shape index (κ1) is 6.26. The Morgan fingerprint density at radius 1 is 1.89 bits per heavy atom. The molecule has 1 radical (unpaired) electrons. The molecule has 9 heavy (non-hydrogen) atoms. The predicted octanol–water partition coefficient (Wildman–Crippen LogP) is 1.40. The fourth-order valence-corrected chi connectivity index (χ4v) is 0.559. The molecule has 0 bridgehead atoms. The van der Waals surface area contributed by atoms with E-state index >= 15 is 0 Å². The lowest BCUT2D eigenvalue weighted by Gasteiger charge is -1.98. The third kappa shape index (κ3) is 1.28. The van der Waals surface area contributed by atoms with E-state index in [2.05, 4.69) is 21.8 Å². The van der Waals surface area contributed by atoms with Crippen molar-refractivity contribution in [2.45, 2.75) is 19.3 Å². The smallest absolute Gasteiger partial charge is 0.147 e. The van der Waals surface area contributed by atoms with Crippen LogP contribution in [0.5, 0.6) is 0 Å². The lowest BCUT2D eigenvalue weighted by atomic mass is 10.1. The van der Waals surface area contributed by atoms with Gasteiger partial charge >= 0.3 is 0 Å². The zero-order valence-corrected chi connectivity index (χ0v) is 5.37. The Morgan fingerprint density at radius 3 is 3.11 bits per heavy atom. The number of rotatable bonds is 2. The maximum atomic E-state index is 4.54. The second kappa shape index (κ2) is 2.62. The van der Waals surface area contributed by atoms with Gasteiger partial charge in [0.25, 0.3) is 0 Å². The van der Waals surface area contributed by atoms with Crippen LogP contribution in [0.4, 0.5) is 0 Å². The van der Waals surface area contributed by atoms with Gasteiger partial charge in [0.15, 0.2) is 0 Å². The molecule has 1 atom stereocenters. The van der Waals surface area contributed by atoms with Gasteiger partial charge in [0.1, 0.15) is 12.0 Å². The summed E-state index contributed by atoms with van der Waals surface area (Å²) >= 11 is 0. The summed E-state index contributed by atoms with van der Waals surface area (Å²) in [4.78, 5) is 0. The molecule has 0 aliphatic carbocycles. The summed E-state index contributed by atoms with van der Waals surface area (Å²) in [6, 6.07) is 0. The average Bonchev–Trinajstić information content (AvgIpc) is 2.37. The Kier molecular flexibility index (Phi) is 1.82. The zero-order valence-electron chi connectivity index (χ0n) is 5.37. The number of hydrogen-bond acceptors (Lipinski definition) is 3. The summed E-state index contributed by atoms with van der Waals surface area (Å²) in [5.74, 6) is 0.219. The van der Waals surface area contributed by atoms with Crippen molar-refractivity contribution in [2.75, 3.05) is 0 Å². The van der Waals surface area contributed by atoms with E-state index in [1.165, 1.54) is 6.26 Å². The molecule has 49 valence electrons. The third-order valence-electron chi connectivity index (χ3n) is 1.29. The zero-order chi connectivity index (χ0) is 6.69. The summed E-state index contributed by atoms with van der Waals surface area (Å²) in [7, 11) is 0. The van der Waals surface area contributed by atoms with Crippen LogP contribution in [0.3, 0.4) is 0 Å². The minimum absolute atomic E-state index is 0.219. The van der Waals surface area contributed by atoms with Crippen LogP contribution < -0.4 is 0 Å². The van der Waals surface area contributed by atoms with E-state index in [1.807, 2.05) is 6.92 Å². The van der Waals surface area contributed by atoms with Crippen LogP contribution in [0.2, 0.25) is 0 Å². The van der Waals surface area contributed by atoms with Crippen LogP contribution in [-0.2, 0) is 0 Å². The van der Waals surface area contributed by atoms with Gasteiger partial charge in [0, 0.05) is 11.2 Å². The van der Waals surface area contributed by atoms with Gasteiger partial charge in [-0.1, -0.05) is 6.92 Å². The Hall–Kier alpha value is -0.860. The lowest BCUT2D eigenvalue weighted by Crippen LogP contribution is -1.90. The van der Waals surface area contributed by atoms with Crippen LogP contribution in [0.25, 0.3) is 0 Å². The minimum atomic E-state index is 0.219. The Morgan fingerprint density at radius 2 is 2.67 bits per heavy atom. The van der Waals surface area contributed by atoms with E-state index in [4.69, 9.17) is 0 Å². The molecule has 1 heterocycles. The van der Waals surface area contributed by atoms with Crippen molar-refractivity contribution in [3.05, 3.63) is 18.9 Å². The minimum Gasteiger partial charge on any atom is -0.345 e.